The van der Waals surface area contributed by atoms with Crippen molar-refractivity contribution in [3.05, 3.63) is 87.8 Å². The number of dihydropyridines is 1. The Labute approximate surface area is 202 Å². The Bertz CT molecular complexity index is 1210. The quantitative estimate of drug-likeness (QED) is 0.597. The van der Waals surface area contributed by atoms with E-state index in [0.717, 1.165) is 23.4 Å². The number of hydrogen-bond donors (Lipinski definition) is 1. The van der Waals surface area contributed by atoms with Gasteiger partial charge in [-0.25, -0.2) is 4.79 Å². The monoisotopic (exact) mass is 484 g/mol. The van der Waals surface area contributed by atoms with Gasteiger partial charge < -0.3 is 15.0 Å². The van der Waals surface area contributed by atoms with Crippen molar-refractivity contribution in [1.82, 2.24) is 5.32 Å². The highest BCUT2D eigenvalue weighted by Gasteiger charge is 2.41. The molecule has 0 amide bonds. The average Bonchev–Trinajstić information content (AvgIpc) is 2.82. The molecule has 0 unspecified atom stereocenters. The Morgan fingerprint density at radius 3 is 2.14 bits per heavy atom. The van der Waals surface area contributed by atoms with Gasteiger partial charge in [0.1, 0.15) is 0 Å². The number of nitrogens with one attached hydrogen (secondary N) is 1. The summed E-state index contributed by atoms with van der Waals surface area (Å²) in [4.78, 5) is 28.2. The Morgan fingerprint density at radius 2 is 1.60 bits per heavy atom. The van der Waals surface area contributed by atoms with Crippen LogP contribution in [0.15, 0.2) is 71.1 Å². The second-order valence-electron chi connectivity index (χ2n) is 9.11. The zero-order valence-electron chi connectivity index (χ0n) is 20.0. The number of rotatable bonds is 4. The van der Waals surface area contributed by atoms with Gasteiger partial charge in [-0.3, -0.25) is 4.79 Å². The molecule has 2 aromatic rings. The maximum Gasteiger partial charge on any atom is 0.416 e. The molecule has 2 aromatic carbocycles. The minimum atomic E-state index is -4.48. The molecule has 0 bridgehead atoms. The van der Waals surface area contributed by atoms with Crippen LogP contribution in [0.25, 0.3) is 0 Å². The number of halogens is 3. The number of anilines is 1. The number of allylic oxidation sites excluding steroid dienone is 3. The smallest absolute Gasteiger partial charge is 0.416 e. The van der Waals surface area contributed by atoms with Crippen molar-refractivity contribution >= 4 is 17.4 Å². The SMILES string of the molecule is COC(=O)C1=C(C)NC2=C(C(=O)C[C@H](c3ccc(N(C)C)cc3)C2)[C@@H]1c1ccc(C(F)(F)F)cc1. The van der Waals surface area contributed by atoms with Crippen molar-refractivity contribution in [2.45, 2.75) is 37.8 Å². The fraction of sp³-hybridized carbons (Fsp3) is 0.333. The first-order valence-electron chi connectivity index (χ1n) is 11.3. The van der Waals surface area contributed by atoms with Crippen LogP contribution in [0.3, 0.4) is 0 Å². The van der Waals surface area contributed by atoms with Crippen LogP contribution in [0.5, 0.6) is 0 Å². The van der Waals surface area contributed by atoms with Gasteiger partial charge >= 0.3 is 12.1 Å². The van der Waals surface area contributed by atoms with E-state index in [1.807, 2.05) is 43.3 Å². The summed E-state index contributed by atoms with van der Waals surface area (Å²) in [6, 6.07) is 12.6. The molecule has 1 aliphatic heterocycles. The molecule has 184 valence electrons. The van der Waals surface area contributed by atoms with Gasteiger partial charge in [0.25, 0.3) is 0 Å². The van der Waals surface area contributed by atoms with Crippen LogP contribution in [0, 0.1) is 0 Å². The van der Waals surface area contributed by atoms with E-state index in [9.17, 15) is 22.8 Å². The lowest BCUT2D eigenvalue weighted by molar-refractivity contribution is -0.138. The summed E-state index contributed by atoms with van der Waals surface area (Å²) in [5.41, 5.74) is 3.59. The Morgan fingerprint density at radius 1 is 1.00 bits per heavy atom. The highest BCUT2D eigenvalue weighted by atomic mass is 19.4. The second kappa shape index (κ2) is 9.24. The normalized spacial score (nSPS) is 20.4. The number of carbonyl (C=O) groups is 2. The predicted molar refractivity (Wildman–Crippen MR) is 127 cm³/mol. The fourth-order valence-corrected chi connectivity index (χ4v) is 4.90. The third kappa shape index (κ3) is 4.70. The molecule has 1 heterocycles. The molecule has 2 aliphatic rings. The highest BCUT2D eigenvalue weighted by Crippen LogP contribution is 2.46. The number of nitrogens with zero attached hydrogens (tertiary/aromatic N) is 1. The average molecular weight is 485 g/mol. The van der Waals surface area contributed by atoms with Gasteiger partial charge in [0.05, 0.1) is 18.2 Å². The third-order valence-corrected chi connectivity index (χ3v) is 6.69. The van der Waals surface area contributed by atoms with Crippen LogP contribution < -0.4 is 10.2 Å². The molecule has 8 heteroatoms. The van der Waals surface area contributed by atoms with E-state index in [4.69, 9.17) is 4.74 Å². The van der Waals surface area contributed by atoms with Crippen molar-refractivity contribution in [2.75, 3.05) is 26.1 Å². The summed E-state index contributed by atoms with van der Waals surface area (Å²) in [7, 11) is 5.15. The van der Waals surface area contributed by atoms with E-state index in [1.54, 1.807) is 6.92 Å². The summed E-state index contributed by atoms with van der Waals surface area (Å²) in [6.07, 6.45) is -3.69. The number of alkyl halides is 3. The summed E-state index contributed by atoms with van der Waals surface area (Å²) >= 11 is 0. The minimum Gasteiger partial charge on any atom is -0.466 e. The fourth-order valence-electron chi connectivity index (χ4n) is 4.90. The van der Waals surface area contributed by atoms with Crippen molar-refractivity contribution in [2.24, 2.45) is 0 Å². The molecular formula is C27H27F3N2O3. The molecule has 0 saturated carbocycles. The van der Waals surface area contributed by atoms with Gasteiger partial charge in [-0.2, -0.15) is 13.2 Å². The van der Waals surface area contributed by atoms with Crippen LogP contribution in [-0.4, -0.2) is 33.0 Å². The Hall–Kier alpha value is -3.55. The zero-order valence-corrected chi connectivity index (χ0v) is 20.0. The van der Waals surface area contributed by atoms with Crippen LogP contribution in [0.2, 0.25) is 0 Å². The number of benzene rings is 2. The minimum absolute atomic E-state index is 0.0503. The summed E-state index contributed by atoms with van der Waals surface area (Å²) < 4.78 is 44.4. The van der Waals surface area contributed by atoms with Crippen molar-refractivity contribution in [3.63, 3.8) is 0 Å². The van der Waals surface area contributed by atoms with E-state index in [-0.39, 0.29) is 23.7 Å². The Balaban J connectivity index is 1.75. The van der Waals surface area contributed by atoms with Crippen LogP contribution in [0.1, 0.15) is 48.3 Å². The second-order valence-corrected chi connectivity index (χ2v) is 9.11. The highest BCUT2D eigenvalue weighted by molar-refractivity contribution is 6.04. The number of carbonyl (C=O) groups excluding carboxylic acids is 2. The lowest BCUT2D eigenvalue weighted by Crippen LogP contribution is -2.36. The number of ketones is 1. The lowest BCUT2D eigenvalue weighted by Gasteiger charge is -2.36. The molecule has 0 fully saturated rings. The van der Waals surface area contributed by atoms with E-state index >= 15 is 0 Å². The van der Waals surface area contributed by atoms with Crippen molar-refractivity contribution in [1.29, 1.82) is 0 Å². The molecular weight excluding hydrogens is 457 g/mol. The first-order chi connectivity index (χ1) is 16.5. The van der Waals surface area contributed by atoms with Gasteiger partial charge in [0.15, 0.2) is 5.78 Å². The molecule has 0 saturated heterocycles. The van der Waals surface area contributed by atoms with E-state index in [0.29, 0.717) is 29.0 Å². The Kier molecular flexibility index (Phi) is 6.49. The van der Waals surface area contributed by atoms with Crippen LogP contribution >= 0.6 is 0 Å². The van der Waals surface area contributed by atoms with Gasteiger partial charge in [-0.1, -0.05) is 24.3 Å². The van der Waals surface area contributed by atoms with Crippen LogP contribution in [0.4, 0.5) is 18.9 Å². The molecule has 0 radical (unpaired) electrons. The third-order valence-electron chi connectivity index (χ3n) is 6.69. The molecule has 0 aromatic heterocycles. The number of ether oxygens (including phenoxy) is 1. The van der Waals surface area contributed by atoms with Crippen molar-refractivity contribution < 1.29 is 27.5 Å². The standard InChI is InChI=1S/C27H27F3N2O3/c1-15-23(26(34)35-4)24(17-5-9-19(10-6-17)27(28,29)30)25-21(31-15)13-18(14-22(25)33)16-7-11-20(12-8-16)32(2)3/h5-12,18,24,31H,13-14H2,1-4H3/t18-,24-/m1/s1. The van der Waals surface area contributed by atoms with E-state index < -0.39 is 23.6 Å². The maximum absolute atomic E-state index is 13.5. The first-order valence-corrected chi connectivity index (χ1v) is 11.3. The van der Waals surface area contributed by atoms with E-state index in [2.05, 4.69) is 5.32 Å². The maximum atomic E-state index is 13.5. The summed E-state index contributed by atoms with van der Waals surface area (Å²) in [5.74, 6) is -1.61. The topological polar surface area (TPSA) is 58.6 Å². The zero-order chi connectivity index (χ0) is 25.5. The number of Topliss-reactive ketones (excluding diaryl/α,β-unsaturated/α-hetero) is 1. The lowest BCUT2D eigenvalue weighted by atomic mass is 9.71. The summed E-state index contributed by atoms with van der Waals surface area (Å²) in [5, 5.41) is 3.23. The molecule has 1 aliphatic carbocycles. The molecule has 35 heavy (non-hydrogen) atoms. The van der Waals surface area contributed by atoms with E-state index in [1.165, 1.54) is 19.2 Å². The summed E-state index contributed by atoms with van der Waals surface area (Å²) in [6.45, 7) is 1.72. The largest absolute Gasteiger partial charge is 0.466 e. The molecule has 5 nitrogen and oxygen atoms in total. The van der Waals surface area contributed by atoms with Crippen molar-refractivity contribution in [3.8, 4) is 0 Å². The van der Waals surface area contributed by atoms with Gasteiger partial charge in [0, 0.05) is 49.1 Å². The number of methoxy groups -OCH3 is 1. The van der Waals surface area contributed by atoms with Gasteiger partial charge in [-0.15, -0.1) is 0 Å². The van der Waals surface area contributed by atoms with Crippen LogP contribution in [-0.2, 0) is 20.5 Å². The molecule has 0 spiro atoms. The molecule has 1 N–H and O–H groups in total. The van der Waals surface area contributed by atoms with Gasteiger partial charge in [-0.05, 0) is 54.7 Å². The number of esters is 1. The molecule has 2 atom stereocenters. The van der Waals surface area contributed by atoms with Gasteiger partial charge in [0.2, 0.25) is 0 Å². The molecule has 4 rings (SSSR count). The first kappa shape index (κ1) is 24.6. The predicted octanol–water partition coefficient (Wildman–Crippen LogP) is 5.31. The number of hydrogen-bond acceptors (Lipinski definition) is 5.